The number of anilines is 1. The lowest BCUT2D eigenvalue weighted by Crippen LogP contribution is -2.14. The summed E-state index contributed by atoms with van der Waals surface area (Å²) in [6.07, 6.45) is 0. The van der Waals surface area contributed by atoms with E-state index in [0.29, 0.717) is 15.9 Å². The fourth-order valence-electron chi connectivity index (χ4n) is 3.49. The van der Waals surface area contributed by atoms with E-state index < -0.39 is 0 Å². The molecule has 0 atom stereocenters. The van der Waals surface area contributed by atoms with Gasteiger partial charge in [0.15, 0.2) is 11.0 Å². The number of hydrogen-bond acceptors (Lipinski definition) is 4. The minimum absolute atomic E-state index is 0.0700. The van der Waals surface area contributed by atoms with Crippen molar-refractivity contribution < 1.29 is 4.79 Å². The number of halogens is 1. The van der Waals surface area contributed by atoms with E-state index in [1.165, 1.54) is 22.9 Å². The van der Waals surface area contributed by atoms with Crippen LogP contribution in [-0.4, -0.2) is 26.4 Å². The molecule has 7 heteroatoms. The first-order chi connectivity index (χ1) is 16.2. The van der Waals surface area contributed by atoms with E-state index in [-0.39, 0.29) is 17.1 Å². The molecule has 0 fully saturated rings. The van der Waals surface area contributed by atoms with Gasteiger partial charge >= 0.3 is 0 Å². The van der Waals surface area contributed by atoms with Gasteiger partial charge in [0, 0.05) is 22.0 Å². The first kappa shape index (κ1) is 24.0. The van der Waals surface area contributed by atoms with Crippen molar-refractivity contribution in [2.75, 3.05) is 11.1 Å². The second-order valence-electron chi connectivity index (χ2n) is 9.15. The number of thioether (sulfide) groups is 1. The molecule has 0 bridgehead atoms. The molecule has 1 aromatic heterocycles. The maximum Gasteiger partial charge on any atom is 0.234 e. The average molecular weight is 491 g/mol. The molecule has 3 aromatic carbocycles. The molecule has 0 aliphatic carbocycles. The van der Waals surface area contributed by atoms with Crippen LogP contribution in [0.5, 0.6) is 0 Å². The summed E-state index contributed by atoms with van der Waals surface area (Å²) >= 11 is 7.36. The number of nitrogens with zero attached hydrogens (tertiary/aromatic N) is 3. The van der Waals surface area contributed by atoms with Crippen LogP contribution in [0, 0.1) is 6.92 Å². The first-order valence-corrected chi connectivity index (χ1v) is 12.4. The predicted molar refractivity (Wildman–Crippen MR) is 141 cm³/mol. The number of carbonyl (C=O) groups excluding carboxylic acids is 1. The summed E-state index contributed by atoms with van der Waals surface area (Å²) in [4.78, 5) is 12.6. The van der Waals surface area contributed by atoms with Gasteiger partial charge in [0.25, 0.3) is 0 Å². The largest absolute Gasteiger partial charge is 0.325 e. The minimum Gasteiger partial charge on any atom is -0.325 e. The molecule has 5 nitrogen and oxygen atoms in total. The molecule has 1 N–H and O–H groups in total. The number of aromatic nitrogens is 3. The van der Waals surface area contributed by atoms with Crippen LogP contribution < -0.4 is 5.32 Å². The molecular formula is C27H27ClN4OS. The Balaban J connectivity index is 1.62. The molecule has 1 heterocycles. The smallest absolute Gasteiger partial charge is 0.234 e. The molecule has 0 spiro atoms. The standard InChI is InChI=1S/C27H27ClN4OS/c1-18-8-14-23(15-9-18)32-25(19-10-12-20(13-11-19)27(2,3)4)30-31-26(32)34-17-24(33)29-22-7-5-6-21(28)16-22/h5-16H,17H2,1-4H3,(H,29,33). The molecule has 0 saturated carbocycles. The number of carbonyl (C=O) groups is 1. The second-order valence-corrected chi connectivity index (χ2v) is 10.5. The lowest BCUT2D eigenvalue weighted by atomic mass is 9.87. The molecular weight excluding hydrogens is 464 g/mol. The normalized spacial score (nSPS) is 11.4. The first-order valence-electron chi connectivity index (χ1n) is 11.0. The highest BCUT2D eigenvalue weighted by molar-refractivity contribution is 7.99. The van der Waals surface area contributed by atoms with Crippen molar-refractivity contribution in [1.82, 2.24) is 14.8 Å². The summed E-state index contributed by atoms with van der Waals surface area (Å²) in [5.74, 6) is 0.795. The van der Waals surface area contributed by atoms with Gasteiger partial charge in [-0.25, -0.2) is 0 Å². The van der Waals surface area contributed by atoms with E-state index in [0.717, 1.165) is 17.1 Å². The Morgan fingerprint density at radius 1 is 1.00 bits per heavy atom. The SMILES string of the molecule is Cc1ccc(-n2c(SCC(=O)Nc3cccc(Cl)c3)nnc2-c2ccc(C(C)(C)C)cc2)cc1. The van der Waals surface area contributed by atoms with E-state index in [9.17, 15) is 4.79 Å². The molecule has 4 aromatic rings. The lowest BCUT2D eigenvalue weighted by Gasteiger charge is -2.19. The summed E-state index contributed by atoms with van der Waals surface area (Å²) in [5.41, 5.74) is 5.07. The van der Waals surface area contributed by atoms with Gasteiger partial charge in [0.1, 0.15) is 0 Å². The lowest BCUT2D eigenvalue weighted by molar-refractivity contribution is -0.113. The summed E-state index contributed by atoms with van der Waals surface area (Å²) in [6.45, 7) is 8.64. The topological polar surface area (TPSA) is 59.8 Å². The van der Waals surface area contributed by atoms with Crippen molar-refractivity contribution >= 4 is 35.0 Å². The van der Waals surface area contributed by atoms with Crippen molar-refractivity contribution in [2.24, 2.45) is 0 Å². The van der Waals surface area contributed by atoms with Gasteiger partial charge in [-0.2, -0.15) is 0 Å². The summed E-state index contributed by atoms with van der Waals surface area (Å²) < 4.78 is 2.00. The minimum atomic E-state index is -0.137. The van der Waals surface area contributed by atoms with Crippen molar-refractivity contribution in [1.29, 1.82) is 0 Å². The van der Waals surface area contributed by atoms with Crippen LogP contribution in [0.3, 0.4) is 0 Å². The Labute approximate surface area is 209 Å². The fraction of sp³-hybridized carbons (Fsp3) is 0.222. The molecule has 4 rings (SSSR count). The van der Waals surface area contributed by atoms with Gasteiger partial charge in [0.05, 0.1) is 5.75 Å². The van der Waals surface area contributed by atoms with Gasteiger partial charge in [-0.3, -0.25) is 9.36 Å². The Bertz CT molecular complexity index is 1290. The number of rotatable bonds is 6. The maximum absolute atomic E-state index is 12.6. The second kappa shape index (κ2) is 10.0. The van der Waals surface area contributed by atoms with Gasteiger partial charge in [-0.05, 0) is 48.2 Å². The molecule has 0 aliphatic rings. The molecule has 174 valence electrons. The van der Waals surface area contributed by atoms with Gasteiger partial charge < -0.3 is 5.32 Å². The van der Waals surface area contributed by atoms with Crippen LogP contribution in [0.2, 0.25) is 5.02 Å². The summed E-state index contributed by atoms with van der Waals surface area (Å²) in [6, 6.07) is 23.7. The van der Waals surface area contributed by atoms with Crippen LogP contribution in [-0.2, 0) is 10.2 Å². The monoisotopic (exact) mass is 490 g/mol. The molecule has 0 unspecified atom stereocenters. The zero-order chi connectivity index (χ0) is 24.3. The number of amides is 1. The third-order valence-corrected chi connectivity index (χ3v) is 6.54. The Hall–Kier alpha value is -3.09. The van der Waals surface area contributed by atoms with Crippen molar-refractivity contribution in [3.63, 3.8) is 0 Å². The van der Waals surface area contributed by atoms with E-state index in [1.807, 2.05) is 22.8 Å². The molecule has 0 saturated heterocycles. The summed E-state index contributed by atoms with van der Waals surface area (Å²) in [5, 5.41) is 13.0. The zero-order valence-electron chi connectivity index (χ0n) is 19.7. The third kappa shape index (κ3) is 5.69. The van der Waals surface area contributed by atoms with E-state index >= 15 is 0 Å². The highest BCUT2D eigenvalue weighted by Gasteiger charge is 2.19. The predicted octanol–water partition coefficient (Wildman–Crippen LogP) is 6.92. The van der Waals surface area contributed by atoms with Crippen molar-refractivity contribution in [3.8, 4) is 17.1 Å². The van der Waals surface area contributed by atoms with E-state index in [2.05, 4.69) is 79.6 Å². The third-order valence-electron chi connectivity index (χ3n) is 5.38. The van der Waals surface area contributed by atoms with E-state index in [4.69, 9.17) is 11.6 Å². The Morgan fingerprint density at radius 3 is 2.35 bits per heavy atom. The van der Waals surface area contributed by atoms with Crippen molar-refractivity contribution in [3.05, 3.63) is 88.9 Å². The Morgan fingerprint density at radius 2 is 1.71 bits per heavy atom. The highest BCUT2D eigenvalue weighted by Crippen LogP contribution is 2.30. The van der Waals surface area contributed by atoms with Gasteiger partial charge in [-0.1, -0.05) is 92.2 Å². The highest BCUT2D eigenvalue weighted by atomic mass is 35.5. The molecule has 0 aliphatic heterocycles. The summed E-state index contributed by atoms with van der Waals surface area (Å²) in [7, 11) is 0. The van der Waals surface area contributed by atoms with Crippen molar-refractivity contribution in [2.45, 2.75) is 38.3 Å². The van der Waals surface area contributed by atoms with E-state index in [1.54, 1.807) is 18.2 Å². The zero-order valence-corrected chi connectivity index (χ0v) is 21.2. The molecule has 34 heavy (non-hydrogen) atoms. The van der Waals surface area contributed by atoms with Gasteiger partial charge in [0.2, 0.25) is 5.91 Å². The quantitative estimate of drug-likeness (QED) is 0.298. The average Bonchev–Trinajstić information content (AvgIpc) is 3.22. The van der Waals surface area contributed by atoms with Crippen LogP contribution >= 0.6 is 23.4 Å². The molecule has 0 radical (unpaired) electrons. The number of benzene rings is 3. The number of aryl methyl sites for hydroxylation is 1. The van der Waals surface area contributed by atoms with Crippen LogP contribution in [0.1, 0.15) is 31.9 Å². The molecule has 1 amide bonds. The van der Waals surface area contributed by atoms with Gasteiger partial charge in [-0.15, -0.1) is 10.2 Å². The Kier molecular flexibility index (Phi) is 7.10. The number of hydrogen-bond donors (Lipinski definition) is 1. The number of nitrogens with one attached hydrogen (secondary N) is 1. The van der Waals surface area contributed by atoms with Crippen LogP contribution in [0.25, 0.3) is 17.1 Å². The van der Waals surface area contributed by atoms with Crippen LogP contribution in [0.15, 0.2) is 78.0 Å². The van der Waals surface area contributed by atoms with Crippen LogP contribution in [0.4, 0.5) is 5.69 Å². The fourth-order valence-corrected chi connectivity index (χ4v) is 4.43. The maximum atomic E-state index is 12.6.